The first-order valence-electron chi connectivity index (χ1n) is 8.70. The molecule has 6 heteroatoms. The number of carbonyl (C=O) groups excluding carboxylic acids is 1. The van der Waals surface area contributed by atoms with Crippen LogP contribution in [-0.4, -0.2) is 43.5 Å². The first-order valence-corrected chi connectivity index (χ1v) is 8.70. The second kappa shape index (κ2) is 6.63. The van der Waals surface area contributed by atoms with E-state index in [0.717, 1.165) is 38.0 Å². The fraction of sp³-hybridized carbons (Fsp3) is 0.368. The van der Waals surface area contributed by atoms with Crippen LogP contribution in [0.25, 0.3) is 5.65 Å². The van der Waals surface area contributed by atoms with E-state index < -0.39 is 0 Å². The summed E-state index contributed by atoms with van der Waals surface area (Å²) in [5.74, 6) is 0.653. The molecule has 25 heavy (non-hydrogen) atoms. The van der Waals surface area contributed by atoms with E-state index in [1.54, 1.807) is 23.0 Å². The third-order valence-electron chi connectivity index (χ3n) is 4.90. The predicted octanol–water partition coefficient (Wildman–Crippen LogP) is 2.53. The molecule has 0 aromatic carbocycles. The number of aromatic nitrogens is 4. The normalized spacial score (nSPS) is 15.6. The van der Waals surface area contributed by atoms with Gasteiger partial charge in [0.15, 0.2) is 5.65 Å². The van der Waals surface area contributed by atoms with Gasteiger partial charge in [-0.25, -0.2) is 9.50 Å². The van der Waals surface area contributed by atoms with E-state index in [0.29, 0.717) is 17.1 Å². The number of hydrogen-bond acceptors (Lipinski definition) is 4. The fourth-order valence-electron chi connectivity index (χ4n) is 3.55. The van der Waals surface area contributed by atoms with Crippen LogP contribution in [0.3, 0.4) is 0 Å². The van der Waals surface area contributed by atoms with Crippen molar-refractivity contribution in [2.75, 3.05) is 13.1 Å². The number of amides is 1. The van der Waals surface area contributed by atoms with E-state index in [1.807, 2.05) is 24.2 Å². The van der Waals surface area contributed by atoms with Crippen LogP contribution >= 0.6 is 0 Å². The zero-order chi connectivity index (χ0) is 17.2. The van der Waals surface area contributed by atoms with Crippen LogP contribution < -0.4 is 0 Å². The quantitative estimate of drug-likeness (QED) is 0.738. The average Bonchev–Trinajstić information content (AvgIpc) is 3.06. The third kappa shape index (κ3) is 3.24. The van der Waals surface area contributed by atoms with Crippen molar-refractivity contribution in [2.45, 2.75) is 26.2 Å². The summed E-state index contributed by atoms with van der Waals surface area (Å²) in [5, 5.41) is 4.21. The van der Waals surface area contributed by atoms with Crippen LogP contribution in [0.5, 0.6) is 0 Å². The lowest BCUT2D eigenvalue weighted by Crippen LogP contribution is -2.38. The Labute approximate surface area is 146 Å². The highest BCUT2D eigenvalue weighted by atomic mass is 16.2. The Morgan fingerprint density at radius 3 is 2.88 bits per heavy atom. The van der Waals surface area contributed by atoms with E-state index in [-0.39, 0.29) is 5.91 Å². The van der Waals surface area contributed by atoms with Gasteiger partial charge in [-0.1, -0.05) is 0 Å². The molecule has 1 saturated heterocycles. The van der Waals surface area contributed by atoms with Crippen molar-refractivity contribution in [1.29, 1.82) is 0 Å². The van der Waals surface area contributed by atoms with Gasteiger partial charge in [0.2, 0.25) is 0 Å². The Morgan fingerprint density at radius 2 is 2.08 bits per heavy atom. The number of rotatable bonds is 3. The van der Waals surface area contributed by atoms with Gasteiger partial charge in [-0.15, -0.1) is 0 Å². The Morgan fingerprint density at radius 1 is 1.24 bits per heavy atom. The van der Waals surface area contributed by atoms with Crippen molar-refractivity contribution >= 4 is 11.6 Å². The molecule has 0 saturated carbocycles. The van der Waals surface area contributed by atoms with Crippen molar-refractivity contribution in [3.05, 3.63) is 59.8 Å². The summed E-state index contributed by atoms with van der Waals surface area (Å²) in [5.41, 5.74) is 3.61. The molecule has 0 radical (unpaired) electrons. The van der Waals surface area contributed by atoms with Gasteiger partial charge >= 0.3 is 0 Å². The van der Waals surface area contributed by atoms with E-state index >= 15 is 0 Å². The van der Waals surface area contributed by atoms with Crippen LogP contribution in [0, 0.1) is 12.8 Å². The summed E-state index contributed by atoms with van der Waals surface area (Å²) >= 11 is 0. The van der Waals surface area contributed by atoms with Gasteiger partial charge < -0.3 is 4.90 Å². The van der Waals surface area contributed by atoms with E-state index in [9.17, 15) is 4.79 Å². The number of nitrogens with zero attached hydrogens (tertiary/aromatic N) is 5. The van der Waals surface area contributed by atoms with Gasteiger partial charge in [-0.05, 0) is 55.9 Å². The van der Waals surface area contributed by atoms with Gasteiger partial charge in [0.1, 0.15) is 5.56 Å². The number of pyridine rings is 1. The molecule has 4 heterocycles. The Hall–Kier alpha value is -2.76. The summed E-state index contributed by atoms with van der Waals surface area (Å²) in [6.07, 6.45) is 10.1. The number of carbonyl (C=O) groups is 1. The number of aryl methyl sites for hydroxylation is 1. The van der Waals surface area contributed by atoms with Crippen LogP contribution in [0.4, 0.5) is 0 Å². The fourth-order valence-corrected chi connectivity index (χ4v) is 3.55. The van der Waals surface area contributed by atoms with Gasteiger partial charge in [0, 0.05) is 37.4 Å². The third-order valence-corrected chi connectivity index (χ3v) is 4.90. The first-order chi connectivity index (χ1) is 12.2. The molecule has 0 N–H and O–H groups in total. The Bertz CT molecular complexity index is 895. The minimum Gasteiger partial charge on any atom is -0.338 e. The minimum atomic E-state index is 0.0342. The molecule has 1 fully saturated rings. The van der Waals surface area contributed by atoms with Crippen LogP contribution in [-0.2, 0) is 6.42 Å². The second-order valence-electron chi connectivity index (χ2n) is 6.69. The van der Waals surface area contributed by atoms with Crippen LogP contribution in [0.1, 0.15) is 34.5 Å². The minimum absolute atomic E-state index is 0.0342. The molecular weight excluding hydrogens is 314 g/mol. The molecule has 6 nitrogen and oxygen atoms in total. The highest BCUT2D eigenvalue weighted by Gasteiger charge is 2.26. The molecule has 0 bridgehead atoms. The monoisotopic (exact) mass is 335 g/mol. The lowest BCUT2D eigenvalue weighted by molar-refractivity contribution is 0.0692. The molecule has 1 aliphatic heterocycles. The summed E-state index contributed by atoms with van der Waals surface area (Å²) in [7, 11) is 0. The standard InChI is InChI=1S/C19H21N5O/c1-14-11-16(3-7-20-14)12-15-4-9-23(10-5-15)19(25)17-13-22-24-8-2-6-21-18(17)24/h2-3,6-8,11,13,15H,4-5,9-10,12H2,1H3. The van der Waals surface area contributed by atoms with Crippen molar-refractivity contribution in [2.24, 2.45) is 5.92 Å². The zero-order valence-electron chi connectivity index (χ0n) is 14.3. The molecule has 1 amide bonds. The molecule has 0 spiro atoms. The molecule has 0 atom stereocenters. The summed E-state index contributed by atoms with van der Waals surface area (Å²) in [6, 6.07) is 6.05. The van der Waals surface area contributed by atoms with Gasteiger partial charge in [-0.3, -0.25) is 9.78 Å². The lowest BCUT2D eigenvalue weighted by Gasteiger charge is -2.32. The number of fused-ring (bicyclic) bond motifs is 1. The first kappa shape index (κ1) is 15.7. The highest BCUT2D eigenvalue weighted by Crippen LogP contribution is 2.23. The molecular formula is C19H21N5O. The summed E-state index contributed by atoms with van der Waals surface area (Å²) in [4.78, 5) is 23.3. The maximum atomic E-state index is 12.8. The van der Waals surface area contributed by atoms with Crippen molar-refractivity contribution in [3.63, 3.8) is 0 Å². The molecule has 0 aliphatic carbocycles. The number of piperidine rings is 1. The summed E-state index contributed by atoms with van der Waals surface area (Å²) in [6.45, 7) is 3.60. The van der Waals surface area contributed by atoms with Gasteiger partial charge in [-0.2, -0.15) is 5.10 Å². The van der Waals surface area contributed by atoms with Crippen molar-refractivity contribution < 1.29 is 4.79 Å². The van der Waals surface area contributed by atoms with Gasteiger partial charge in [0.25, 0.3) is 5.91 Å². The molecule has 0 unspecified atom stereocenters. The SMILES string of the molecule is Cc1cc(CC2CCN(C(=O)c3cnn4cccnc34)CC2)ccn1. The van der Waals surface area contributed by atoms with Crippen LogP contribution in [0.2, 0.25) is 0 Å². The predicted molar refractivity (Wildman–Crippen MR) is 94.3 cm³/mol. The average molecular weight is 335 g/mol. The largest absolute Gasteiger partial charge is 0.338 e. The van der Waals surface area contributed by atoms with Crippen molar-refractivity contribution in [1.82, 2.24) is 24.5 Å². The maximum Gasteiger partial charge on any atom is 0.259 e. The van der Waals surface area contributed by atoms with E-state index in [2.05, 4.69) is 27.2 Å². The Balaban J connectivity index is 1.40. The van der Waals surface area contributed by atoms with Gasteiger partial charge in [0.05, 0.1) is 6.20 Å². The molecule has 3 aromatic heterocycles. The summed E-state index contributed by atoms with van der Waals surface area (Å²) < 4.78 is 1.64. The molecule has 128 valence electrons. The highest BCUT2D eigenvalue weighted by molar-refractivity contribution is 5.99. The second-order valence-corrected chi connectivity index (χ2v) is 6.69. The van der Waals surface area contributed by atoms with Crippen LogP contribution in [0.15, 0.2) is 43.0 Å². The van der Waals surface area contributed by atoms with E-state index in [1.165, 1.54) is 5.56 Å². The molecule has 3 aromatic rings. The maximum absolute atomic E-state index is 12.8. The number of likely N-dealkylation sites (tertiary alicyclic amines) is 1. The van der Waals surface area contributed by atoms with E-state index in [4.69, 9.17) is 0 Å². The lowest BCUT2D eigenvalue weighted by atomic mass is 9.90. The molecule has 4 rings (SSSR count). The smallest absolute Gasteiger partial charge is 0.259 e. The van der Waals surface area contributed by atoms with Crippen molar-refractivity contribution in [3.8, 4) is 0 Å². The Kier molecular flexibility index (Phi) is 4.17. The topological polar surface area (TPSA) is 63.4 Å². The molecule has 1 aliphatic rings. The zero-order valence-corrected chi connectivity index (χ0v) is 14.3. The number of hydrogen-bond donors (Lipinski definition) is 0.